The van der Waals surface area contributed by atoms with Gasteiger partial charge < -0.3 is 48.6 Å². The summed E-state index contributed by atoms with van der Waals surface area (Å²) in [6.45, 7) is 10.2. The SMILES string of the molecule is COCCN(CCOC12CC3(C)CC(C)(CC(Cn4ncc(-c5ccc(N6CCc7c(OC)ccc(C(=O)Nc8nc9ccccc9s8)c7C6)nc5C(=O)O)c4C)(C3)C1)C2)C(=O)OCc1cc[c]cc1OCCOCCNC(=O)CCN1C(=O)C=CC1=O. The van der Waals surface area contributed by atoms with Crippen molar-refractivity contribution in [1.29, 1.82) is 0 Å². The molecule has 4 saturated carbocycles. The zero-order valence-corrected chi connectivity index (χ0v) is 51.1. The molecule has 463 valence electrons. The highest BCUT2D eigenvalue weighted by Gasteiger charge is 2.66. The van der Waals surface area contributed by atoms with Gasteiger partial charge >= 0.3 is 12.1 Å². The van der Waals surface area contributed by atoms with Gasteiger partial charge in [-0.3, -0.25) is 34.1 Å². The van der Waals surface area contributed by atoms with E-state index in [0.29, 0.717) is 90.5 Å². The highest BCUT2D eigenvalue weighted by molar-refractivity contribution is 7.22. The van der Waals surface area contributed by atoms with Crippen molar-refractivity contribution in [1.82, 2.24) is 34.9 Å². The van der Waals surface area contributed by atoms with Gasteiger partial charge in [-0.15, -0.1) is 0 Å². The summed E-state index contributed by atoms with van der Waals surface area (Å²) >= 11 is 1.40. The zero-order valence-electron chi connectivity index (χ0n) is 50.3. The number of rotatable bonds is 27. The first-order valence-electron chi connectivity index (χ1n) is 29.8. The van der Waals surface area contributed by atoms with Crippen LogP contribution in [0.15, 0.2) is 85.1 Å². The molecule has 2 aliphatic heterocycles. The largest absolute Gasteiger partial charge is 0.496 e. The number of carboxylic acids is 1. The lowest BCUT2D eigenvalue weighted by atomic mass is 9.39. The topological polar surface area (TPSA) is 255 Å². The second-order valence-corrected chi connectivity index (χ2v) is 25.6. The van der Waals surface area contributed by atoms with E-state index in [1.165, 1.54) is 23.5 Å². The Kier molecular flexibility index (Phi) is 18.0. The van der Waals surface area contributed by atoms with E-state index in [1.54, 1.807) is 49.6 Å². The molecule has 4 bridgehead atoms. The van der Waals surface area contributed by atoms with Gasteiger partial charge in [-0.1, -0.05) is 49.4 Å². The molecule has 0 saturated heterocycles. The van der Waals surface area contributed by atoms with Gasteiger partial charge in [-0.05, 0) is 122 Å². The van der Waals surface area contributed by atoms with Crippen LogP contribution in [0, 0.1) is 29.2 Å². The van der Waals surface area contributed by atoms with E-state index in [2.05, 4.69) is 35.5 Å². The van der Waals surface area contributed by atoms with E-state index >= 15 is 0 Å². The van der Waals surface area contributed by atoms with E-state index in [0.717, 1.165) is 70.5 Å². The Bertz CT molecular complexity index is 3610. The molecule has 3 aromatic carbocycles. The van der Waals surface area contributed by atoms with Crippen LogP contribution in [0.2, 0.25) is 0 Å². The van der Waals surface area contributed by atoms with Gasteiger partial charge in [0.2, 0.25) is 5.91 Å². The summed E-state index contributed by atoms with van der Waals surface area (Å²) < 4.78 is 38.8. The number of amides is 5. The summed E-state index contributed by atoms with van der Waals surface area (Å²) in [6.07, 6.45) is 9.84. The number of carbonyl (C=O) groups excluding carboxylic acids is 5. The van der Waals surface area contributed by atoms with Crippen molar-refractivity contribution in [3.05, 3.63) is 125 Å². The van der Waals surface area contributed by atoms with Crippen LogP contribution in [0.1, 0.15) is 102 Å². The number of aromatic nitrogens is 4. The Hall–Kier alpha value is -8.25. The Morgan fingerprint density at radius 3 is 2.39 bits per heavy atom. The number of imide groups is 1. The summed E-state index contributed by atoms with van der Waals surface area (Å²) in [4.78, 5) is 90.7. The third-order valence-electron chi connectivity index (χ3n) is 17.7. The third kappa shape index (κ3) is 13.4. The highest BCUT2D eigenvalue weighted by Crippen LogP contribution is 2.72. The third-order valence-corrected chi connectivity index (χ3v) is 18.6. The minimum Gasteiger partial charge on any atom is -0.496 e. The Morgan fingerprint density at radius 1 is 0.841 bits per heavy atom. The Morgan fingerprint density at radius 2 is 1.62 bits per heavy atom. The molecule has 23 heteroatoms. The summed E-state index contributed by atoms with van der Waals surface area (Å²) in [6, 6.07) is 23.1. The van der Waals surface area contributed by atoms with Crippen molar-refractivity contribution >= 4 is 68.2 Å². The van der Waals surface area contributed by atoms with Gasteiger partial charge in [-0.25, -0.2) is 19.6 Å². The Labute approximate surface area is 514 Å². The second kappa shape index (κ2) is 25.8. The maximum atomic E-state index is 13.9. The number of aromatic carboxylic acids is 1. The number of pyridine rings is 1. The number of hydrogen-bond acceptors (Lipinski definition) is 17. The normalized spacial score (nSPS) is 21.6. The van der Waals surface area contributed by atoms with Crippen LogP contribution in [0.5, 0.6) is 11.5 Å². The minimum atomic E-state index is -1.16. The molecule has 3 aromatic heterocycles. The molecule has 22 nitrogen and oxygen atoms in total. The van der Waals surface area contributed by atoms with Crippen molar-refractivity contribution in [3.63, 3.8) is 0 Å². The van der Waals surface area contributed by atoms with Crippen LogP contribution < -0.4 is 25.0 Å². The molecule has 4 fully saturated rings. The molecule has 88 heavy (non-hydrogen) atoms. The van der Waals surface area contributed by atoms with Crippen LogP contribution in [-0.2, 0) is 59.4 Å². The number of hydrogen-bond donors (Lipinski definition) is 3. The number of fused-ring (bicyclic) bond motifs is 2. The number of anilines is 2. The fourth-order valence-electron chi connectivity index (χ4n) is 15.0. The second-order valence-electron chi connectivity index (χ2n) is 24.6. The van der Waals surface area contributed by atoms with Gasteiger partial charge in [0, 0.05) is 105 Å². The molecule has 2 atom stereocenters. The molecule has 6 aromatic rings. The zero-order chi connectivity index (χ0) is 61.8. The average Bonchev–Trinajstić information content (AvgIpc) is 0.854. The lowest BCUT2D eigenvalue weighted by Gasteiger charge is -2.69. The molecule has 6 aliphatic rings. The number of carboxylic acid groups (broad SMARTS) is 1. The molecule has 2 unspecified atom stereocenters. The average molecular weight is 1220 g/mol. The van der Waals surface area contributed by atoms with Gasteiger partial charge in [0.1, 0.15) is 30.5 Å². The van der Waals surface area contributed by atoms with Crippen molar-refractivity contribution in [2.45, 2.75) is 97.4 Å². The Balaban J connectivity index is 0.702. The van der Waals surface area contributed by atoms with Gasteiger partial charge in [0.05, 0.1) is 55.6 Å². The lowest BCUT2D eigenvalue weighted by Crippen LogP contribution is -2.64. The summed E-state index contributed by atoms with van der Waals surface area (Å²) in [5, 5.41) is 22.0. The van der Waals surface area contributed by atoms with Gasteiger partial charge in [0.25, 0.3) is 17.7 Å². The monoisotopic (exact) mass is 1220 g/mol. The maximum absolute atomic E-state index is 13.9. The number of para-hydroxylation sites is 1. The predicted molar refractivity (Wildman–Crippen MR) is 326 cm³/mol. The fourth-order valence-corrected chi connectivity index (χ4v) is 15.9. The molecular formula is C65H74N9O13S. The first kappa shape index (κ1) is 61.4. The van der Waals surface area contributed by atoms with E-state index in [4.69, 9.17) is 38.5 Å². The summed E-state index contributed by atoms with van der Waals surface area (Å²) in [7, 11) is 3.20. The highest BCUT2D eigenvalue weighted by atomic mass is 32.1. The summed E-state index contributed by atoms with van der Waals surface area (Å²) in [5.41, 5.74) is 4.97. The smallest absolute Gasteiger partial charge is 0.410 e. The van der Waals surface area contributed by atoms with Crippen LogP contribution in [0.4, 0.5) is 15.7 Å². The first-order valence-corrected chi connectivity index (χ1v) is 30.6. The fraction of sp³-hybridized carbons (Fsp3) is 0.462. The van der Waals surface area contributed by atoms with Crippen molar-refractivity contribution in [2.75, 3.05) is 90.2 Å². The van der Waals surface area contributed by atoms with Crippen LogP contribution >= 0.6 is 11.3 Å². The number of methoxy groups -OCH3 is 2. The summed E-state index contributed by atoms with van der Waals surface area (Å²) in [5.74, 6) is -0.974. The predicted octanol–water partition coefficient (Wildman–Crippen LogP) is 8.43. The molecular weight excluding hydrogens is 1150 g/mol. The van der Waals surface area contributed by atoms with E-state index in [1.807, 2.05) is 59.0 Å². The van der Waals surface area contributed by atoms with Crippen LogP contribution in [0.25, 0.3) is 21.3 Å². The molecule has 3 N–H and O–H groups in total. The van der Waals surface area contributed by atoms with Gasteiger partial charge in [0.15, 0.2) is 10.8 Å². The maximum Gasteiger partial charge on any atom is 0.410 e. The van der Waals surface area contributed by atoms with Gasteiger partial charge in [-0.2, -0.15) is 5.10 Å². The van der Waals surface area contributed by atoms with E-state index in [-0.39, 0.29) is 86.2 Å². The molecule has 4 aliphatic carbocycles. The number of benzene rings is 3. The number of ether oxygens (including phenoxy) is 6. The van der Waals surface area contributed by atoms with Crippen molar-refractivity contribution in [2.24, 2.45) is 16.2 Å². The molecule has 1 radical (unpaired) electrons. The number of carbonyl (C=O) groups is 6. The van der Waals surface area contributed by atoms with Crippen LogP contribution in [-0.4, -0.2) is 156 Å². The standard InChI is InChI=1S/C65H74N9O13S/c1-42-47(45-15-17-53(69-57(45)59(79)80)72-23-20-44-48(33-72)46(14-16-51(44)83-5)58(78)70-60-68-49-11-7-9-13-52(49)88-60)32-67-74(42)41-64-36-62(2)35-63(3,37-64)39-65(38-62,40-64)87-29-26-71(25-28-82-4)61(81)86-34-43-10-6-8-12-50(43)85-31-30-84-27-22-66-54(75)21-24-73-55(76)18-19-56(73)77/h6-7,9-19,32H,20-31,33-41H2,1-5H3,(H,66,75)(H,79,80)(H,68,70,78). The number of nitrogens with zero attached hydrogens (tertiary/aromatic N) is 7. The quantitative estimate of drug-likeness (QED) is 0.0323. The lowest BCUT2D eigenvalue weighted by molar-refractivity contribution is -0.248. The molecule has 12 rings (SSSR count). The van der Waals surface area contributed by atoms with Crippen molar-refractivity contribution in [3.8, 4) is 22.6 Å². The number of nitrogens with one attached hydrogen (secondary N) is 2. The molecule has 5 heterocycles. The number of thiazole rings is 1. The van der Waals surface area contributed by atoms with E-state index in [9.17, 15) is 33.9 Å². The van der Waals surface area contributed by atoms with E-state index < -0.39 is 29.5 Å². The van der Waals surface area contributed by atoms with Crippen molar-refractivity contribution < 1.29 is 62.3 Å². The van der Waals surface area contributed by atoms with Crippen LogP contribution in [0.3, 0.4) is 0 Å². The first-order chi connectivity index (χ1) is 42.4. The molecule has 0 spiro atoms. The molecule has 5 amide bonds. The minimum absolute atomic E-state index is 0.00652.